The van der Waals surface area contributed by atoms with Crippen LogP contribution in [0, 0.1) is 6.92 Å². The number of aromatic nitrogens is 5. The maximum atomic E-state index is 12.1. The van der Waals surface area contributed by atoms with Crippen molar-refractivity contribution in [2.75, 3.05) is 11.1 Å². The second kappa shape index (κ2) is 9.67. The molecule has 0 saturated carbocycles. The van der Waals surface area contributed by atoms with Gasteiger partial charge in [-0.05, 0) is 19.1 Å². The Hall–Kier alpha value is -2.43. The molecule has 28 heavy (non-hydrogen) atoms. The minimum atomic E-state index is -0.192. The van der Waals surface area contributed by atoms with E-state index in [4.69, 9.17) is 16.3 Å². The van der Waals surface area contributed by atoms with Crippen molar-refractivity contribution in [2.45, 2.75) is 25.2 Å². The fourth-order valence-electron chi connectivity index (χ4n) is 2.18. The topological polar surface area (TPSA) is 94.8 Å². The molecule has 3 rings (SSSR count). The molecule has 0 aliphatic rings. The van der Waals surface area contributed by atoms with E-state index in [1.807, 2.05) is 23.6 Å². The van der Waals surface area contributed by atoms with Crippen LogP contribution in [0.4, 0.5) is 5.13 Å². The number of nitrogens with one attached hydrogen (secondary N) is 1. The number of ether oxygens (including phenoxy) is 1. The number of carbonyl (C=O) groups excluding carboxylic acids is 1. The van der Waals surface area contributed by atoms with Crippen molar-refractivity contribution in [3.8, 4) is 5.75 Å². The highest BCUT2D eigenvalue weighted by atomic mass is 35.5. The molecule has 0 spiro atoms. The molecular formula is C17H17ClN6O2S2. The lowest BCUT2D eigenvalue weighted by atomic mass is 10.3. The lowest BCUT2D eigenvalue weighted by Crippen LogP contribution is -2.15. The summed E-state index contributed by atoms with van der Waals surface area (Å²) in [5, 5.41) is 21.2. The first-order chi connectivity index (χ1) is 13.6. The van der Waals surface area contributed by atoms with Crippen LogP contribution in [0.5, 0.6) is 5.75 Å². The van der Waals surface area contributed by atoms with Gasteiger partial charge in [-0.2, -0.15) is 0 Å². The Morgan fingerprint density at radius 1 is 1.36 bits per heavy atom. The van der Waals surface area contributed by atoms with Crippen LogP contribution >= 0.6 is 34.7 Å². The van der Waals surface area contributed by atoms with Crippen LogP contribution in [-0.4, -0.2) is 36.6 Å². The number of thioether (sulfide) groups is 1. The SMILES string of the molecule is C=CCn1c(COc2ccccc2Cl)nnc1SCC(=O)Nc1nnc(C)s1. The molecule has 2 aromatic heterocycles. The smallest absolute Gasteiger partial charge is 0.236 e. The molecule has 11 heteroatoms. The summed E-state index contributed by atoms with van der Waals surface area (Å²) >= 11 is 8.70. The zero-order valence-corrected chi connectivity index (χ0v) is 17.4. The van der Waals surface area contributed by atoms with Gasteiger partial charge < -0.3 is 4.74 Å². The lowest BCUT2D eigenvalue weighted by molar-refractivity contribution is -0.113. The van der Waals surface area contributed by atoms with Crippen molar-refractivity contribution in [1.29, 1.82) is 0 Å². The number of allylic oxidation sites excluding steroid dienone is 1. The number of hydrogen-bond acceptors (Lipinski definition) is 8. The fourth-order valence-corrected chi connectivity index (χ4v) is 3.75. The van der Waals surface area contributed by atoms with Gasteiger partial charge in [-0.1, -0.05) is 52.9 Å². The third-order valence-corrected chi connectivity index (χ3v) is 5.44. The molecular weight excluding hydrogens is 420 g/mol. The van der Waals surface area contributed by atoms with E-state index in [1.165, 1.54) is 23.1 Å². The van der Waals surface area contributed by atoms with E-state index in [-0.39, 0.29) is 18.3 Å². The van der Waals surface area contributed by atoms with E-state index < -0.39 is 0 Å². The van der Waals surface area contributed by atoms with Gasteiger partial charge in [0.05, 0.1) is 10.8 Å². The molecule has 3 aromatic rings. The van der Waals surface area contributed by atoms with Gasteiger partial charge in [0.25, 0.3) is 0 Å². The van der Waals surface area contributed by atoms with Crippen LogP contribution in [0.25, 0.3) is 0 Å². The number of anilines is 1. The zero-order valence-electron chi connectivity index (χ0n) is 15.0. The average molecular weight is 437 g/mol. The Labute approximate surface area is 175 Å². The van der Waals surface area contributed by atoms with E-state index >= 15 is 0 Å². The number of para-hydroxylation sites is 1. The molecule has 0 radical (unpaired) electrons. The first kappa shape index (κ1) is 20.3. The maximum absolute atomic E-state index is 12.1. The zero-order chi connectivity index (χ0) is 19.9. The third-order valence-electron chi connectivity index (χ3n) is 3.40. The highest BCUT2D eigenvalue weighted by molar-refractivity contribution is 7.99. The number of carbonyl (C=O) groups is 1. The molecule has 1 N–H and O–H groups in total. The predicted octanol–water partition coefficient (Wildman–Crippen LogP) is 3.59. The van der Waals surface area contributed by atoms with Crippen LogP contribution in [0.3, 0.4) is 0 Å². The molecule has 1 aromatic carbocycles. The van der Waals surface area contributed by atoms with Crippen molar-refractivity contribution in [3.63, 3.8) is 0 Å². The minimum absolute atomic E-state index is 0.166. The fraction of sp³-hybridized carbons (Fsp3) is 0.235. The number of nitrogens with zero attached hydrogens (tertiary/aromatic N) is 5. The Balaban J connectivity index is 1.62. The Kier molecular flexibility index (Phi) is 7.01. The minimum Gasteiger partial charge on any atom is -0.484 e. The summed E-state index contributed by atoms with van der Waals surface area (Å²) in [6.45, 7) is 6.28. The molecule has 0 aliphatic carbocycles. The molecule has 0 bridgehead atoms. The predicted molar refractivity (Wildman–Crippen MR) is 110 cm³/mol. The highest BCUT2D eigenvalue weighted by Crippen LogP contribution is 2.25. The normalized spacial score (nSPS) is 10.6. The summed E-state index contributed by atoms with van der Waals surface area (Å²) in [7, 11) is 0. The van der Waals surface area contributed by atoms with E-state index in [2.05, 4.69) is 32.3 Å². The summed E-state index contributed by atoms with van der Waals surface area (Å²) in [5.74, 6) is 1.16. The Morgan fingerprint density at radius 2 is 2.18 bits per heavy atom. The first-order valence-corrected chi connectivity index (χ1v) is 10.4. The Morgan fingerprint density at radius 3 is 2.89 bits per heavy atom. The molecule has 8 nitrogen and oxygen atoms in total. The van der Waals surface area contributed by atoms with Crippen molar-refractivity contribution in [1.82, 2.24) is 25.0 Å². The van der Waals surface area contributed by atoms with E-state index in [0.29, 0.717) is 33.4 Å². The van der Waals surface area contributed by atoms with Crippen molar-refractivity contribution in [3.05, 3.63) is 52.8 Å². The second-order valence-electron chi connectivity index (χ2n) is 5.48. The van der Waals surface area contributed by atoms with Crippen LogP contribution in [0.1, 0.15) is 10.8 Å². The van der Waals surface area contributed by atoms with Crippen molar-refractivity contribution in [2.24, 2.45) is 0 Å². The first-order valence-electron chi connectivity index (χ1n) is 8.20. The standard InChI is InChI=1S/C17H17ClN6O2S2/c1-3-8-24-14(9-26-13-7-5-4-6-12(13)18)21-23-17(24)27-10-15(25)19-16-22-20-11(2)28-16/h3-7H,1,8-10H2,2H3,(H,19,22,25). The quantitative estimate of drug-likeness (QED) is 0.404. The molecule has 2 heterocycles. The van der Waals surface area contributed by atoms with Crippen LogP contribution in [-0.2, 0) is 17.9 Å². The molecule has 0 aliphatic heterocycles. The number of benzene rings is 1. The molecule has 0 fully saturated rings. The number of halogens is 1. The van der Waals surface area contributed by atoms with E-state index in [9.17, 15) is 4.79 Å². The van der Waals surface area contributed by atoms with Gasteiger partial charge in [0.2, 0.25) is 11.0 Å². The summed E-state index contributed by atoms with van der Waals surface area (Å²) < 4.78 is 7.58. The third kappa shape index (κ3) is 5.31. The van der Waals surface area contributed by atoms with E-state index in [0.717, 1.165) is 5.01 Å². The van der Waals surface area contributed by atoms with Crippen molar-refractivity contribution >= 4 is 45.7 Å². The summed E-state index contributed by atoms with van der Waals surface area (Å²) in [6, 6.07) is 7.21. The number of amides is 1. The summed E-state index contributed by atoms with van der Waals surface area (Å²) in [5.41, 5.74) is 0. The van der Waals surface area contributed by atoms with Crippen LogP contribution in [0.15, 0.2) is 42.1 Å². The average Bonchev–Trinajstić information content (AvgIpc) is 3.26. The van der Waals surface area contributed by atoms with Gasteiger partial charge in [-0.3, -0.25) is 14.7 Å². The van der Waals surface area contributed by atoms with Gasteiger partial charge in [-0.15, -0.1) is 27.0 Å². The van der Waals surface area contributed by atoms with Gasteiger partial charge in [0.15, 0.2) is 11.0 Å². The van der Waals surface area contributed by atoms with Crippen molar-refractivity contribution < 1.29 is 9.53 Å². The van der Waals surface area contributed by atoms with Gasteiger partial charge in [0, 0.05) is 6.54 Å². The highest BCUT2D eigenvalue weighted by Gasteiger charge is 2.15. The monoisotopic (exact) mass is 436 g/mol. The molecule has 1 amide bonds. The molecule has 146 valence electrons. The van der Waals surface area contributed by atoms with Gasteiger partial charge in [0.1, 0.15) is 17.4 Å². The second-order valence-corrected chi connectivity index (χ2v) is 8.01. The maximum Gasteiger partial charge on any atom is 0.236 e. The summed E-state index contributed by atoms with van der Waals surface area (Å²) in [4.78, 5) is 12.1. The lowest BCUT2D eigenvalue weighted by Gasteiger charge is -2.10. The Bertz CT molecular complexity index is 974. The van der Waals surface area contributed by atoms with Gasteiger partial charge in [-0.25, -0.2) is 0 Å². The van der Waals surface area contributed by atoms with Crippen LogP contribution < -0.4 is 10.1 Å². The number of rotatable bonds is 9. The van der Waals surface area contributed by atoms with Gasteiger partial charge >= 0.3 is 0 Å². The largest absolute Gasteiger partial charge is 0.484 e. The van der Waals surface area contributed by atoms with Crippen LogP contribution in [0.2, 0.25) is 5.02 Å². The number of aryl methyl sites for hydroxylation is 1. The molecule has 0 atom stereocenters. The summed E-state index contributed by atoms with van der Waals surface area (Å²) in [6.07, 6.45) is 1.73. The molecule has 0 unspecified atom stereocenters. The number of hydrogen-bond donors (Lipinski definition) is 1. The van der Waals surface area contributed by atoms with E-state index in [1.54, 1.807) is 18.2 Å². The molecule has 0 saturated heterocycles.